The number of phenolic OH excluding ortho intramolecular Hbond substituents is 4. The molecule has 0 aliphatic carbocycles. The number of nitrogens with zero attached hydrogens (tertiary/aromatic N) is 1. The lowest BCUT2D eigenvalue weighted by Crippen LogP contribution is -2.20. The smallest absolute Gasteiger partial charge is 0.224 e. The van der Waals surface area contributed by atoms with Crippen molar-refractivity contribution in [2.75, 3.05) is 10.6 Å². The van der Waals surface area contributed by atoms with Gasteiger partial charge in [-0.3, -0.25) is 9.59 Å². The zero-order valence-electron chi connectivity index (χ0n) is 39.1. The minimum Gasteiger partial charge on any atom is -0.507 e. The van der Waals surface area contributed by atoms with Crippen molar-refractivity contribution in [3.8, 4) is 23.0 Å². The molecule has 0 spiro atoms. The molecule has 0 fully saturated rings. The van der Waals surface area contributed by atoms with E-state index >= 15 is 0 Å². The first-order chi connectivity index (χ1) is 27.9. The highest BCUT2D eigenvalue weighted by atomic mass is 16.5. The van der Waals surface area contributed by atoms with Crippen LogP contribution in [0.1, 0.15) is 158 Å². The Kier molecular flexibility index (Phi) is 14.7. The maximum Gasteiger partial charge on any atom is 0.224 e. The number of aromatic hydroxyl groups is 4. The third-order valence-corrected chi connectivity index (χ3v) is 11.1. The van der Waals surface area contributed by atoms with Gasteiger partial charge in [-0.25, -0.2) is 0 Å². The molecule has 0 aromatic heterocycles. The molecule has 10 heteroatoms. The Morgan fingerprint density at radius 3 is 1.16 bits per heavy atom. The number of carbonyl (C=O) groups excluding carboxylic acids is 2. The fourth-order valence-corrected chi connectivity index (χ4v) is 7.66. The predicted molar refractivity (Wildman–Crippen MR) is 246 cm³/mol. The number of hydroxylamine groups is 2. The van der Waals surface area contributed by atoms with Crippen LogP contribution in [0.25, 0.3) is 0 Å². The van der Waals surface area contributed by atoms with Crippen molar-refractivity contribution in [3.63, 3.8) is 0 Å². The number of amides is 2. The van der Waals surface area contributed by atoms with Crippen molar-refractivity contribution in [2.24, 2.45) is 0 Å². The summed E-state index contributed by atoms with van der Waals surface area (Å²) in [6, 6.07) is 14.6. The number of phenols is 4. The van der Waals surface area contributed by atoms with Gasteiger partial charge in [-0.05, 0) is 124 Å². The van der Waals surface area contributed by atoms with Gasteiger partial charge in [0.15, 0.2) is 0 Å². The number of anilines is 2. The minimum atomic E-state index is -0.287. The number of benzene rings is 4. The van der Waals surface area contributed by atoms with E-state index < -0.39 is 0 Å². The summed E-state index contributed by atoms with van der Waals surface area (Å²) >= 11 is 0. The average Bonchev–Trinajstić information content (AvgIpc) is 3.10. The molecule has 2 amide bonds. The first-order valence-electron chi connectivity index (χ1n) is 21.4. The average molecular weight is 838 g/mol. The van der Waals surface area contributed by atoms with Crippen LogP contribution in [-0.2, 0) is 57.2 Å². The lowest BCUT2D eigenvalue weighted by Gasteiger charge is -2.28. The van der Waals surface area contributed by atoms with Gasteiger partial charge in [0, 0.05) is 35.3 Å². The SMILES string of the molecule is Cc1cc(NC(=O)CCCc2cc(C(C)(C)C)c(O)c(C(C)(C)C)c2)cc(CN(O)Cc2cc(NC(=O)CCc3cc(C(C)(C)C)c(O)c(C(C)(C)C)c3)cc(C)c2O)c1O. The number of carbonyl (C=O) groups is 2. The topological polar surface area (TPSA) is 163 Å². The molecule has 4 aromatic rings. The van der Waals surface area contributed by atoms with Crippen LogP contribution in [-0.4, -0.2) is 42.5 Å². The summed E-state index contributed by atoms with van der Waals surface area (Å²) in [6.07, 6.45) is 2.17. The Balaban J connectivity index is 1.41. The fraction of sp³-hybridized carbons (Fsp3) is 0.490. The zero-order chi connectivity index (χ0) is 46.0. The number of aryl methyl sites for hydroxylation is 4. The third kappa shape index (κ3) is 12.7. The van der Waals surface area contributed by atoms with Gasteiger partial charge in [-0.2, -0.15) is 5.06 Å². The quantitative estimate of drug-likeness (QED) is 0.0517. The molecular formula is C51H71N3O7. The second kappa shape index (κ2) is 18.5. The molecule has 0 saturated carbocycles. The van der Waals surface area contributed by atoms with E-state index in [4.69, 9.17) is 0 Å². The van der Waals surface area contributed by atoms with E-state index in [1.807, 2.05) is 24.3 Å². The van der Waals surface area contributed by atoms with Crippen molar-refractivity contribution in [1.82, 2.24) is 5.06 Å². The summed E-state index contributed by atoms with van der Waals surface area (Å²) in [5, 5.41) is 62.0. The highest BCUT2D eigenvalue weighted by Gasteiger charge is 2.28. The van der Waals surface area contributed by atoms with Gasteiger partial charge in [0.25, 0.3) is 0 Å². The number of hydrogen-bond donors (Lipinski definition) is 7. The molecule has 0 unspecified atom stereocenters. The van der Waals surface area contributed by atoms with Crippen LogP contribution in [0.4, 0.5) is 11.4 Å². The van der Waals surface area contributed by atoms with Crippen LogP contribution in [0.3, 0.4) is 0 Å². The van der Waals surface area contributed by atoms with Gasteiger partial charge >= 0.3 is 0 Å². The molecule has 61 heavy (non-hydrogen) atoms. The van der Waals surface area contributed by atoms with Crippen LogP contribution >= 0.6 is 0 Å². The van der Waals surface area contributed by atoms with Crippen LogP contribution in [0.5, 0.6) is 23.0 Å². The van der Waals surface area contributed by atoms with Gasteiger partial charge < -0.3 is 36.3 Å². The largest absolute Gasteiger partial charge is 0.507 e. The van der Waals surface area contributed by atoms with Gasteiger partial charge in [-0.15, -0.1) is 0 Å². The number of hydrogen-bond acceptors (Lipinski definition) is 8. The van der Waals surface area contributed by atoms with Crippen molar-refractivity contribution >= 4 is 23.2 Å². The Labute approximate surface area is 364 Å². The summed E-state index contributed by atoms with van der Waals surface area (Å²) < 4.78 is 0. The highest BCUT2D eigenvalue weighted by Crippen LogP contribution is 2.42. The Bertz CT molecular complexity index is 2180. The van der Waals surface area contributed by atoms with Crippen molar-refractivity contribution < 1.29 is 35.2 Å². The highest BCUT2D eigenvalue weighted by molar-refractivity contribution is 5.92. The van der Waals surface area contributed by atoms with Crippen LogP contribution in [0.2, 0.25) is 0 Å². The molecule has 4 aromatic carbocycles. The summed E-state index contributed by atoms with van der Waals surface area (Å²) in [7, 11) is 0. The molecule has 0 atom stereocenters. The van der Waals surface area contributed by atoms with Gasteiger partial charge in [0.2, 0.25) is 11.8 Å². The van der Waals surface area contributed by atoms with Crippen molar-refractivity contribution in [1.29, 1.82) is 0 Å². The van der Waals surface area contributed by atoms with Crippen LogP contribution < -0.4 is 10.6 Å². The molecule has 0 aliphatic heterocycles. The lowest BCUT2D eigenvalue weighted by molar-refractivity contribution is -0.117. The maximum atomic E-state index is 13.2. The molecule has 0 aliphatic rings. The monoisotopic (exact) mass is 838 g/mol. The second-order valence-electron chi connectivity index (χ2n) is 21.0. The second-order valence-corrected chi connectivity index (χ2v) is 21.0. The lowest BCUT2D eigenvalue weighted by atomic mass is 9.78. The Morgan fingerprint density at radius 1 is 0.492 bits per heavy atom. The van der Waals surface area contributed by atoms with Crippen LogP contribution in [0.15, 0.2) is 48.5 Å². The molecule has 7 N–H and O–H groups in total. The zero-order valence-corrected chi connectivity index (χ0v) is 39.1. The normalized spacial score (nSPS) is 12.5. The van der Waals surface area contributed by atoms with Gasteiger partial charge in [0.1, 0.15) is 23.0 Å². The molecular weight excluding hydrogens is 767 g/mol. The molecule has 0 radical (unpaired) electrons. The molecule has 0 saturated heterocycles. The Morgan fingerprint density at radius 2 is 0.820 bits per heavy atom. The van der Waals surface area contributed by atoms with E-state index in [0.717, 1.165) is 38.4 Å². The summed E-state index contributed by atoms with van der Waals surface area (Å²) in [5.74, 6) is 0.172. The predicted octanol–water partition coefficient (Wildman–Crippen LogP) is 11.2. The first kappa shape index (κ1) is 48.6. The third-order valence-electron chi connectivity index (χ3n) is 11.1. The van der Waals surface area contributed by atoms with E-state index in [1.165, 1.54) is 0 Å². The van der Waals surface area contributed by atoms with E-state index in [2.05, 4.69) is 93.7 Å². The number of rotatable bonds is 13. The molecule has 4 rings (SSSR count). The maximum absolute atomic E-state index is 13.2. The summed E-state index contributed by atoms with van der Waals surface area (Å²) in [5.41, 5.74) is 7.15. The van der Waals surface area contributed by atoms with E-state index in [1.54, 1.807) is 38.1 Å². The molecule has 10 nitrogen and oxygen atoms in total. The fourth-order valence-electron chi connectivity index (χ4n) is 7.66. The summed E-state index contributed by atoms with van der Waals surface area (Å²) in [4.78, 5) is 26.4. The van der Waals surface area contributed by atoms with E-state index in [9.17, 15) is 35.2 Å². The summed E-state index contributed by atoms with van der Waals surface area (Å²) in [6.45, 7) is 28.0. The van der Waals surface area contributed by atoms with Crippen LogP contribution in [0, 0.1) is 13.8 Å². The number of nitrogens with one attached hydrogen (secondary N) is 2. The van der Waals surface area contributed by atoms with Crippen molar-refractivity contribution in [2.45, 2.75) is 164 Å². The molecule has 332 valence electrons. The van der Waals surface area contributed by atoms with E-state index in [0.29, 0.717) is 64.4 Å². The standard InChI is InChI=1S/C51H71N3O7/c1-30-20-36(52-42(55)17-15-16-32-22-38(48(3,4)5)46(59)39(23-32)49(6,7)8)26-34(44(30)57)28-54(61)29-35-27-37(21-31(2)45(35)58)53-43(56)19-18-33-24-40(50(9,10)11)47(60)41(25-33)51(12,13)14/h20-27,57-61H,15-19,28-29H2,1-14H3,(H,52,55)(H,53,56). The van der Waals surface area contributed by atoms with Gasteiger partial charge in [-0.1, -0.05) is 107 Å². The van der Waals surface area contributed by atoms with Gasteiger partial charge in [0.05, 0.1) is 13.1 Å². The minimum absolute atomic E-state index is 0.0204. The van der Waals surface area contributed by atoms with Crippen molar-refractivity contribution in [3.05, 3.63) is 104 Å². The van der Waals surface area contributed by atoms with E-state index in [-0.39, 0.29) is 70.9 Å². The molecule has 0 bridgehead atoms. The Hall–Kier alpha value is -5.06. The molecule has 0 heterocycles. The first-order valence-corrected chi connectivity index (χ1v) is 21.4.